The van der Waals surface area contributed by atoms with Gasteiger partial charge >= 0.3 is 0 Å². The van der Waals surface area contributed by atoms with Crippen molar-refractivity contribution >= 4 is 28.4 Å². The van der Waals surface area contributed by atoms with Crippen LogP contribution in [0, 0.1) is 6.92 Å². The molecule has 0 aliphatic carbocycles. The second-order valence-electron chi connectivity index (χ2n) is 6.13. The molecule has 7 nitrogen and oxygen atoms in total. The van der Waals surface area contributed by atoms with Gasteiger partial charge in [0.25, 0.3) is 5.91 Å². The van der Waals surface area contributed by atoms with Crippen molar-refractivity contribution in [1.29, 1.82) is 0 Å². The molecule has 0 unspecified atom stereocenters. The third kappa shape index (κ3) is 3.77. The van der Waals surface area contributed by atoms with Crippen LogP contribution in [0.4, 0.5) is 11.5 Å². The van der Waals surface area contributed by atoms with Gasteiger partial charge in [0.1, 0.15) is 11.6 Å². The van der Waals surface area contributed by atoms with Crippen LogP contribution in [0.5, 0.6) is 0 Å². The highest BCUT2D eigenvalue weighted by molar-refractivity contribution is 6.02. The van der Waals surface area contributed by atoms with Crippen LogP contribution in [0.2, 0.25) is 0 Å². The van der Waals surface area contributed by atoms with Gasteiger partial charge in [0.05, 0.1) is 17.6 Å². The molecule has 0 aliphatic rings. The van der Waals surface area contributed by atoms with Crippen LogP contribution in [0.1, 0.15) is 21.9 Å². The molecular weight excluding hydrogens is 340 g/mol. The maximum atomic E-state index is 12.2. The molecule has 27 heavy (non-hydrogen) atoms. The number of para-hydroxylation sites is 2. The van der Waals surface area contributed by atoms with Gasteiger partial charge in [0, 0.05) is 5.69 Å². The molecule has 4 aromatic rings. The lowest BCUT2D eigenvalue weighted by Crippen LogP contribution is -2.14. The van der Waals surface area contributed by atoms with Crippen LogP contribution in [0.25, 0.3) is 11.0 Å². The molecule has 3 N–H and O–H groups in total. The first-order chi connectivity index (χ1) is 13.2. The fraction of sp³-hybridized carbons (Fsp3) is 0.100. The highest BCUT2D eigenvalue weighted by atomic mass is 16.1. The molecule has 2 aromatic heterocycles. The predicted octanol–water partition coefficient (Wildman–Crippen LogP) is 3.53. The first kappa shape index (κ1) is 16.7. The van der Waals surface area contributed by atoms with E-state index in [1.165, 1.54) is 0 Å². The normalized spacial score (nSPS) is 10.7. The smallest absolute Gasteiger partial charge is 0.276 e. The summed E-state index contributed by atoms with van der Waals surface area (Å²) in [5.74, 6) is 1.09. The summed E-state index contributed by atoms with van der Waals surface area (Å²) in [6, 6.07) is 18.6. The fourth-order valence-electron chi connectivity index (χ4n) is 2.75. The van der Waals surface area contributed by atoms with Crippen LogP contribution in [-0.2, 0) is 6.54 Å². The molecular formula is C20H18N6O. The van der Waals surface area contributed by atoms with Crippen LogP contribution in [0.15, 0.2) is 60.7 Å². The number of hydrogen-bond acceptors (Lipinski definition) is 5. The molecule has 1 amide bonds. The van der Waals surface area contributed by atoms with E-state index in [0.29, 0.717) is 18.1 Å². The number of hydrogen-bond donors (Lipinski definition) is 3. The molecule has 0 atom stereocenters. The number of amides is 1. The molecule has 0 aliphatic heterocycles. The van der Waals surface area contributed by atoms with E-state index in [9.17, 15) is 4.79 Å². The minimum Gasteiger partial charge on any atom is -0.361 e. The molecule has 0 saturated carbocycles. The minimum absolute atomic E-state index is 0.253. The number of carbonyl (C=O) groups is 1. The standard InChI is InChI=1S/C20H18N6O/c1-13-6-5-9-15-19(13)24-18(23-15)12-21-17-11-10-16(25-26-17)20(27)22-14-7-3-2-4-8-14/h2-11H,12H2,1H3,(H,21,26)(H,22,27)(H,23,24). The second kappa shape index (κ2) is 7.25. The average Bonchev–Trinajstić information content (AvgIpc) is 3.12. The number of aromatic amines is 1. The zero-order chi connectivity index (χ0) is 18.6. The molecule has 0 fully saturated rings. The number of imidazole rings is 1. The third-order valence-corrected chi connectivity index (χ3v) is 4.13. The van der Waals surface area contributed by atoms with E-state index >= 15 is 0 Å². The van der Waals surface area contributed by atoms with Gasteiger partial charge in [-0.2, -0.15) is 0 Å². The molecule has 0 spiro atoms. The van der Waals surface area contributed by atoms with Gasteiger partial charge in [-0.1, -0.05) is 30.3 Å². The summed E-state index contributed by atoms with van der Waals surface area (Å²) in [5.41, 5.74) is 4.07. The number of anilines is 2. The average molecular weight is 358 g/mol. The van der Waals surface area contributed by atoms with Crippen LogP contribution < -0.4 is 10.6 Å². The summed E-state index contributed by atoms with van der Waals surface area (Å²) >= 11 is 0. The van der Waals surface area contributed by atoms with Gasteiger partial charge in [0.15, 0.2) is 5.69 Å². The van der Waals surface area contributed by atoms with E-state index in [4.69, 9.17) is 0 Å². The van der Waals surface area contributed by atoms with Crippen LogP contribution in [-0.4, -0.2) is 26.1 Å². The zero-order valence-electron chi connectivity index (χ0n) is 14.7. The Bertz CT molecular complexity index is 1070. The van der Waals surface area contributed by atoms with Crippen molar-refractivity contribution in [3.8, 4) is 0 Å². The van der Waals surface area contributed by atoms with Crippen molar-refractivity contribution in [2.24, 2.45) is 0 Å². The number of aromatic nitrogens is 4. The molecule has 2 heterocycles. The Labute approximate surface area is 155 Å². The molecule has 0 saturated heterocycles. The summed E-state index contributed by atoms with van der Waals surface area (Å²) in [6.45, 7) is 2.52. The molecule has 0 radical (unpaired) electrons. The van der Waals surface area contributed by atoms with E-state index in [-0.39, 0.29) is 11.6 Å². The lowest BCUT2D eigenvalue weighted by molar-refractivity contribution is 0.102. The Hall–Kier alpha value is -3.74. The summed E-state index contributed by atoms with van der Waals surface area (Å²) in [5, 5.41) is 14.0. The second-order valence-corrected chi connectivity index (χ2v) is 6.13. The van der Waals surface area contributed by atoms with Gasteiger partial charge in [0.2, 0.25) is 0 Å². The maximum Gasteiger partial charge on any atom is 0.276 e. The Morgan fingerprint density at radius 1 is 1.00 bits per heavy atom. The SMILES string of the molecule is Cc1cccc2[nH]c(CNc3ccc(C(=O)Nc4ccccc4)nn3)nc12. The minimum atomic E-state index is -0.298. The monoisotopic (exact) mass is 358 g/mol. The summed E-state index contributed by atoms with van der Waals surface area (Å²) in [6.07, 6.45) is 0. The first-order valence-corrected chi connectivity index (χ1v) is 8.57. The number of benzene rings is 2. The number of carbonyl (C=O) groups excluding carboxylic acids is 1. The first-order valence-electron chi connectivity index (χ1n) is 8.57. The maximum absolute atomic E-state index is 12.2. The quantitative estimate of drug-likeness (QED) is 0.507. The van der Waals surface area contributed by atoms with E-state index in [1.807, 2.05) is 55.5 Å². The molecule has 4 rings (SSSR count). The highest BCUT2D eigenvalue weighted by Gasteiger charge is 2.09. The number of rotatable bonds is 5. The molecule has 134 valence electrons. The van der Waals surface area contributed by atoms with Crippen molar-refractivity contribution in [3.05, 3.63) is 77.7 Å². The van der Waals surface area contributed by atoms with Crippen molar-refractivity contribution in [1.82, 2.24) is 20.2 Å². The molecule has 2 aromatic carbocycles. The Kier molecular flexibility index (Phi) is 4.49. The number of nitrogens with zero attached hydrogens (tertiary/aromatic N) is 3. The van der Waals surface area contributed by atoms with E-state index < -0.39 is 0 Å². The van der Waals surface area contributed by atoms with Gasteiger partial charge in [-0.25, -0.2) is 4.98 Å². The van der Waals surface area contributed by atoms with Crippen LogP contribution >= 0.6 is 0 Å². The van der Waals surface area contributed by atoms with Gasteiger partial charge in [-0.05, 0) is 42.8 Å². The Morgan fingerprint density at radius 2 is 1.85 bits per heavy atom. The number of nitrogens with one attached hydrogen (secondary N) is 3. The van der Waals surface area contributed by atoms with Crippen molar-refractivity contribution in [3.63, 3.8) is 0 Å². The molecule has 7 heteroatoms. The Morgan fingerprint density at radius 3 is 2.59 bits per heavy atom. The fourth-order valence-corrected chi connectivity index (χ4v) is 2.75. The summed E-state index contributed by atoms with van der Waals surface area (Å²) in [7, 11) is 0. The number of aryl methyl sites for hydroxylation is 1. The van der Waals surface area contributed by atoms with Gasteiger partial charge in [-0.15, -0.1) is 10.2 Å². The lowest BCUT2D eigenvalue weighted by Gasteiger charge is -2.05. The van der Waals surface area contributed by atoms with E-state index in [2.05, 4.69) is 30.8 Å². The zero-order valence-corrected chi connectivity index (χ0v) is 14.7. The van der Waals surface area contributed by atoms with Crippen molar-refractivity contribution in [2.75, 3.05) is 10.6 Å². The van der Waals surface area contributed by atoms with E-state index in [0.717, 1.165) is 22.4 Å². The number of fused-ring (bicyclic) bond motifs is 1. The summed E-state index contributed by atoms with van der Waals surface area (Å²) in [4.78, 5) is 20.1. The Balaban J connectivity index is 1.40. The topological polar surface area (TPSA) is 95.6 Å². The predicted molar refractivity (Wildman–Crippen MR) is 105 cm³/mol. The summed E-state index contributed by atoms with van der Waals surface area (Å²) < 4.78 is 0. The highest BCUT2D eigenvalue weighted by Crippen LogP contribution is 2.16. The van der Waals surface area contributed by atoms with Gasteiger partial charge in [-0.3, -0.25) is 4.79 Å². The molecule has 0 bridgehead atoms. The van der Waals surface area contributed by atoms with Crippen LogP contribution in [0.3, 0.4) is 0 Å². The van der Waals surface area contributed by atoms with Crippen molar-refractivity contribution < 1.29 is 4.79 Å². The third-order valence-electron chi connectivity index (χ3n) is 4.13. The number of H-pyrrole nitrogens is 1. The largest absolute Gasteiger partial charge is 0.361 e. The van der Waals surface area contributed by atoms with Gasteiger partial charge < -0.3 is 15.6 Å². The van der Waals surface area contributed by atoms with E-state index in [1.54, 1.807) is 12.1 Å². The lowest BCUT2D eigenvalue weighted by atomic mass is 10.2. The van der Waals surface area contributed by atoms with Crippen molar-refractivity contribution in [2.45, 2.75) is 13.5 Å².